The molecular weight excluding hydrogens is 192 g/mol. The molecule has 1 aliphatic carbocycles. The van der Waals surface area contributed by atoms with Crippen molar-refractivity contribution in [3.8, 4) is 0 Å². The molecule has 0 unspecified atom stereocenters. The average molecular weight is 218 g/mol. The first kappa shape index (κ1) is 13.3. The van der Waals surface area contributed by atoms with E-state index in [1.807, 2.05) is 0 Å². The van der Waals surface area contributed by atoms with E-state index in [4.69, 9.17) is 0 Å². The zero-order chi connectivity index (χ0) is 10.7. The fraction of sp³-hybridized carbons (Fsp3) is 0.625. The molecule has 1 aliphatic rings. The van der Waals surface area contributed by atoms with Gasteiger partial charge in [0.05, 0.1) is 0 Å². The lowest BCUT2D eigenvalue weighted by Gasteiger charge is -2.37. The predicted molar refractivity (Wildman–Crippen MR) is 72.8 cm³/mol. The van der Waals surface area contributed by atoms with E-state index in [1.165, 1.54) is 37.7 Å². The minimum atomic E-state index is 0. The van der Waals surface area contributed by atoms with Gasteiger partial charge in [-0.3, -0.25) is 0 Å². The van der Waals surface area contributed by atoms with Gasteiger partial charge in [-0.05, 0) is 29.7 Å². The highest BCUT2D eigenvalue weighted by Gasteiger charge is 2.31. The largest absolute Gasteiger partial charge is 0.0776 e. The Kier molecular flexibility index (Phi) is 4.58. The predicted octanol–water partition coefficient (Wildman–Crippen LogP) is 5.18. The van der Waals surface area contributed by atoms with Crippen molar-refractivity contribution in [2.45, 2.75) is 58.8 Å². The van der Waals surface area contributed by atoms with E-state index in [1.54, 1.807) is 0 Å². The third kappa shape index (κ3) is 2.66. The first-order valence-electron chi connectivity index (χ1n) is 6.27. The van der Waals surface area contributed by atoms with Crippen LogP contribution in [-0.4, -0.2) is 0 Å². The van der Waals surface area contributed by atoms with Crippen LogP contribution >= 0.6 is 0 Å². The van der Waals surface area contributed by atoms with E-state index in [2.05, 4.69) is 44.2 Å². The maximum atomic E-state index is 2.42. The monoisotopic (exact) mass is 218 g/mol. The number of hydrogen-bond acceptors (Lipinski definition) is 0. The molecule has 0 spiro atoms. The normalized spacial score (nSPS) is 17.9. The topological polar surface area (TPSA) is 0 Å². The molecular formula is C16H26. The van der Waals surface area contributed by atoms with Crippen molar-refractivity contribution in [3.05, 3.63) is 35.9 Å². The van der Waals surface area contributed by atoms with Crippen LogP contribution in [0.4, 0.5) is 0 Å². The van der Waals surface area contributed by atoms with Crippen molar-refractivity contribution in [1.29, 1.82) is 0 Å². The molecule has 2 rings (SSSR count). The second kappa shape index (κ2) is 5.52. The first-order chi connectivity index (χ1) is 7.21. The van der Waals surface area contributed by atoms with Crippen molar-refractivity contribution in [2.75, 3.05) is 0 Å². The van der Waals surface area contributed by atoms with Gasteiger partial charge >= 0.3 is 0 Å². The second-order valence-electron chi connectivity index (χ2n) is 5.42. The van der Waals surface area contributed by atoms with Gasteiger partial charge in [-0.2, -0.15) is 0 Å². The van der Waals surface area contributed by atoms with Gasteiger partial charge in [-0.25, -0.2) is 0 Å². The minimum Gasteiger partial charge on any atom is -0.0776 e. The van der Waals surface area contributed by atoms with Crippen LogP contribution in [0.5, 0.6) is 0 Å². The smallest absolute Gasteiger partial charge is 0.00753 e. The van der Waals surface area contributed by atoms with Gasteiger partial charge in [-0.15, -0.1) is 0 Å². The Hall–Kier alpha value is -0.780. The first-order valence-corrected chi connectivity index (χ1v) is 6.27. The minimum absolute atomic E-state index is 0. The molecule has 0 radical (unpaired) electrons. The highest BCUT2D eigenvalue weighted by atomic mass is 14.4. The number of benzene rings is 1. The molecule has 1 fully saturated rings. The van der Waals surface area contributed by atoms with E-state index < -0.39 is 0 Å². The van der Waals surface area contributed by atoms with Gasteiger partial charge in [0.2, 0.25) is 0 Å². The highest BCUT2D eigenvalue weighted by Crippen LogP contribution is 2.40. The van der Waals surface area contributed by atoms with Crippen molar-refractivity contribution >= 4 is 0 Å². The van der Waals surface area contributed by atoms with E-state index >= 15 is 0 Å². The molecule has 0 amide bonds. The highest BCUT2D eigenvalue weighted by molar-refractivity contribution is 5.24. The maximum Gasteiger partial charge on any atom is -0.00753 e. The fourth-order valence-corrected chi connectivity index (χ4v) is 2.93. The molecule has 1 saturated carbocycles. The third-order valence-electron chi connectivity index (χ3n) is 4.14. The molecule has 90 valence electrons. The molecule has 0 saturated heterocycles. The summed E-state index contributed by atoms with van der Waals surface area (Å²) in [5, 5.41) is 0. The zero-order valence-corrected chi connectivity index (χ0v) is 10.00. The average Bonchev–Trinajstić information content (AvgIpc) is 2.31. The third-order valence-corrected chi connectivity index (χ3v) is 4.14. The second-order valence-corrected chi connectivity index (χ2v) is 5.42. The summed E-state index contributed by atoms with van der Waals surface area (Å²) in [7, 11) is 0. The van der Waals surface area contributed by atoms with Crippen molar-refractivity contribution in [2.24, 2.45) is 5.92 Å². The zero-order valence-electron chi connectivity index (χ0n) is 10.00. The summed E-state index contributed by atoms with van der Waals surface area (Å²) in [6.45, 7) is 4.83. The lowest BCUT2D eigenvalue weighted by atomic mass is 9.67. The van der Waals surface area contributed by atoms with Gasteiger partial charge in [0, 0.05) is 0 Å². The van der Waals surface area contributed by atoms with Crippen LogP contribution in [0.25, 0.3) is 0 Å². The summed E-state index contributed by atoms with van der Waals surface area (Å²) < 4.78 is 0. The molecule has 0 aromatic heterocycles. The molecule has 0 nitrogen and oxygen atoms in total. The molecule has 0 aliphatic heterocycles. The molecule has 0 heterocycles. The Morgan fingerprint density at radius 3 is 2.06 bits per heavy atom. The van der Waals surface area contributed by atoms with Crippen molar-refractivity contribution in [1.82, 2.24) is 0 Å². The van der Waals surface area contributed by atoms with E-state index in [-0.39, 0.29) is 7.43 Å². The molecule has 0 heteroatoms. The molecule has 0 N–H and O–H groups in total. The van der Waals surface area contributed by atoms with E-state index in [9.17, 15) is 0 Å². The summed E-state index contributed by atoms with van der Waals surface area (Å²) in [5.74, 6) is 0.883. The molecule has 0 atom stereocenters. The lowest BCUT2D eigenvalue weighted by molar-refractivity contribution is 0.236. The summed E-state index contributed by atoms with van der Waals surface area (Å²) in [5.41, 5.74) is 1.87. The van der Waals surface area contributed by atoms with Crippen LogP contribution < -0.4 is 0 Å². The van der Waals surface area contributed by atoms with Crippen LogP contribution in [0.15, 0.2) is 30.3 Å². The molecule has 0 bridgehead atoms. The number of rotatable bonds is 2. The summed E-state index contributed by atoms with van der Waals surface area (Å²) >= 11 is 0. The Balaban J connectivity index is 0.00000128. The summed E-state index contributed by atoms with van der Waals surface area (Å²) in [4.78, 5) is 0. The fourth-order valence-electron chi connectivity index (χ4n) is 2.93. The summed E-state index contributed by atoms with van der Waals surface area (Å²) in [6.07, 6.45) is 7.15. The van der Waals surface area contributed by atoms with Gasteiger partial charge in [0.25, 0.3) is 0 Å². The van der Waals surface area contributed by atoms with Crippen LogP contribution in [0.1, 0.15) is 58.9 Å². The van der Waals surface area contributed by atoms with E-state index in [0.717, 1.165) is 5.92 Å². The van der Waals surface area contributed by atoms with Gasteiger partial charge in [-0.1, -0.05) is 70.9 Å². The maximum absolute atomic E-state index is 2.42. The van der Waals surface area contributed by atoms with Crippen LogP contribution in [0.2, 0.25) is 0 Å². The number of hydrogen-bond donors (Lipinski definition) is 0. The van der Waals surface area contributed by atoms with Crippen LogP contribution in [-0.2, 0) is 5.41 Å². The summed E-state index contributed by atoms with van der Waals surface area (Å²) in [6, 6.07) is 11.0. The van der Waals surface area contributed by atoms with Gasteiger partial charge in [0.1, 0.15) is 0 Å². The SMILES string of the molecule is C.CC(C)(c1ccccc1)C1CCCCC1. The molecule has 1 aromatic rings. The Labute approximate surface area is 101 Å². The quantitative estimate of drug-likeness (QED) is 0.641. The Morgan fingerprint density at radius 2 is 1.50 bits per heavy atom. The van der Waals surface area contributed by atoms with Gasteiger partial charge < -0.3 is 0 Å². The van der Waals surface area contributed by atoms with Gasteiger partial charge in [0.15, 0.2) is 0 Å². The standard InChI is InChI=1S/C15H22.CH4/c1-15(2,13-9-5-3-6-10-13)14-11-7-4-8-12-14;/h3,5-6,9-10,14H,4,7-8,11-12H2,1-2H3;1H4. The van der Waals surface area contributed by atoms with Crippen molar-refractivity contribution < 1.29 is 0 Å². The molecule has 1 aromatic carbocycles. The molecule has 16 heavy (non-hydrogen) atoms. The van der Waals surface area contributed by atoms with Crippen molar-refractivity contribution in [3.63, 3.8) is 0 Å². The Morgan fingerprint density at radius 1 is 0.938 bits per heavy atom. The Bertz CT molecular complexity index is 291. The lowest BCUT2D eigenvalue weighted by Crippen LogP contribution is -2.30. The van der Waals surface area contributed by atoms with Crippen LogP contribution in [0, 0.1) is 5.92 Å². The van der Waals surface area contributed by atoms with E-state index in [0.29, 0.717) is 5.41 Å². The van der Waals surface area contributed by atoms with Crippen LogP contribution in [0.3, 0.4) is 0 Å².